The zero-order valence-electron chi connectivity index (χ0n) is 13.3. The lowest BCUT2D eigenvalue weighted by molar-refractivity contribution is -0.118. The van der Waals surface area contributed by atoms with Crippen molar-refractivity contribution in [1.82, 2.24) is 0 Å². The highest BCUT2D eigenvalue weighted by atomic mass is 16.6. The van der Waals surface area contributed by atoms with E-state index in [1.807, 2.05) is 31.2 Å². The highest BCUT2D eigenvalue weighted by Gasteiger charge is 2.23. The van der Waals surface area contributed by atoms with Crippen LogP contribution in [0.2, 0.25) is 0 Å². The molecule has 3 rings (SSSR count). The first-order chi connectivity index (χ1) is 11.6. The molecule has 0 atom stereocenters. The number of benzene rings is 2. The van der Waals surface area contributed by atoms with E-state index in [-0.39, 0.29) is 18.6 Å². The van der Waals surface area contributed by atoms with E-state index < -0.39 is 0 Å². The van der Waals surface area contributed by atoms with Gasteiger partial charge in [0.15, 0.2) is 6.61 Å². The molecule has 124 valence electrons. The van der Waals surface area contributed by atoms with E-state index in [2.05, 4.69) is 5.32 Å². The summed E-state index contributed by atoms with van der Waals surface area (Å²) in [5.41, 5.74) is 2.46. The zero-order chi connectivity index (χ0) is 16.9. The van der Waals surface area contributed by atoms with E-state index in [4.69, 9.17) is 9.47 Å². The first-order valence-electron chi connectivity index (χ1n) is 7.65. The number of ether oxygens (including phenoxy) is 2. The summed E-state index contributed by atoms with van der Waals surface area (Å²) in [6.07, 6.45) is -0.349. The van der Waals surface area contributed by atoms with Gasteiger partial charge in [0.1, 0.15) is 12.4 Å². The maximum atomic E-state index is 11.9. The van der Waals surface area contributed by atoms with Crippen molar-refractivity contribution in [2.24, 2.45) is 0 Å². The average Bonchev–Trinajstić information content (AvgIpc) is 3.00. The molecule has 0 saturated carbocycles. The second kappa shape index (κ2) is 7.04. The first kappa shape index (κ1) is 15.9. The molecule has 0 radical (unpaired) electrons. The Hall–Kier alpha value is -3.02. The van der Waals surface area contributed by atoms with Crippen LogP contribution < -0.4 is 15.0 Å². The number of carbonyl (C=O) groups excluding carboxylic acids is 2. The van der Waals surface area contributed by atoms with Crippen molar-refractivity contribution in [2.45, 2.75) is 6.92 Å². The smallest absolute Gasteiger partial charge is 0.414 e. The number of hydrogen-bond donors (Lipinski definition) is 1. The third kappa shape index (κ3) is 3.84. The summed E-state index contributed by atoms with van der Waals surface area (Å²) in [4.78, 5) is 25.0. The van der Waals surface area contributed by atoms with Gasteiger partial charge in [-0.15, -0.1) is 0 Å². The molecule has 24 heavy (non-hydrogen) atoms. The highest BCUT2D eigenvalue weighted by Crippen LogP contribution is 2.21. The molecule has 1 fully saturated rings. The van der Waals surface area contributed by atoms with Crippen molar-refractivity contribution in [3.05, 3.63) is 54.1 Å². The van der Waals surface area contributed by atoms with Gasteiger partial charge in [0, 0.05) is 11.4 Å². The summed E-state index contributed by atoms with van der Waals surface area (Å²) in [7, 11) is 0. The van der Waals surface area contributed by atoms with Gasteiger partial charge >= 0.3 is 6.09 Å². The molecule has 0 bridgehead atoms. The third-order valence-corrected chi connectivity index (χ3v) is 3.58. The fraction of sp³-hybridized carbons (Fsp3) is 0.222. The third-order valence-electron chi connectivity index (χ3n) is 3.58. The standard InChI is InChI=1S/C18H18N2O4/c1-13-3-2-4-16(11-13)24-12-17(21)19-14-5-7-15(8-6-14)20-9-10-23-18(20)22/h2-8,11H,9-10,12H2,1H3,(H,19,21). The number of cyclic esters (lactones) is 1. The molecule has 0 unspecified atom stereocenters. The summed E-state index contributed by atoms with van der Waals surface area (Å²) in [5.74, 6) is 0.415. The van der Waals surface area contributed by atoms with E-state index in [1.54, 1.807) is 29.2 Å². The molecule has 6 heteroatoms. The van der Waals surface area contributed by atoms with Gasteiger partial charge in [0.05, 0.1) is 6.54 Å². The lowest BCUT2D eigenvalue weighted by atomic mass is 10.2. The number of hydrogen-bond acceptors (Lipinski definition) is 4. The number of rotatable bonds is 5. The predicted octanol–water partition coefficient (Wildman–Crippen LogP) is 2.97. The van der Waals surface area contributed by atoms with E-state index in [0.717, 1.165) is 11.3 Å². The molecule has 0 aromatic heterocycles. The molecule has 1 N–H and O–H groups in total. The molecule has 0 spiro atoms. The van der Waals surface area contributed by atoms with Crippen LogP contribution in [0.5, 0.6) is 5.75 Å². The molecule has 1 aliphatic rings. The maximum absolute atomic E-state index is 11.9. The van der Waals surface area contributed by atoms with Gasteiger partial charge in [0.25, 0.3) is 5.91 Å². The van der Waals surface area contributed by atoms with Crippen molar-refractivity contribution >= 4 is 23.4 Å². The van der Waals surface area contributed by atoms with Gasteiger partial charge in [-0.1, -0.05) is 12.1 Å². The number of aryl methyl sites for hydroxylation is 1. The highest BCUT2D eigenvalue weighted by molar-refractivity contribution is 5.93. The second-order valence-electron chi connectivity index (χ2n) is 5.47. The van der Waals surface area contributed by atoms with Gasteiger partial charge < -0.3 is 14.8 Å². The van der Waals surface area contributed by atoms with Gasteiger partial charge in [-0.25, -0.2) is 4.79 Å². The Morgan fingerprint density at radius 1 is 1.25 bits per heavy atom. The fourth-order valence-electron chi connectivity index (χ4n) is 2.40. The van der Waals surface area contributed by atoms with Crippen LogP contribution in [0.3, 0.4) is 0 Å². The van der Waals surface area contributed by atoms with Crippen LogP contribution in [0.15, 0.2) is 48.5 Å². The fourth-order valence-corrected chi connectivity index (χ4v) is 2.40. The van der Waals surface area contributed by atoms with Crippen molar-refractivity contribution in [1.29, 1.82) is 0 Å². The molecular formula is C18H18N2O4. The van der Waals surface area contributed by atoms with Crippen LogP contribution in [-0.4, -0.2) is 31.8 Å². The quantitative estimate of drug-likeness (QED) is 0.917. The monoisotopic (exact) mass is 326 g/mol. The minimum atomic E-state index is -0.349. The molecule has 2 aromatic rings. The SMILES string of the molecule is Cc1cccc(OCC(=O)Nc2ccc(N3CCOC3=O)cc2)c1. The van der Waals surface area contributed by atoms with Crippen molar-refractivity contribution in [3.8, 4) is 5.75 Å². The Balaban J connectivity index is 1.53. The Morgan fingerprint density at radius 3 is 2.71 bits per heavy atom. The van der Waals surface area contributed by atoms with Crippen LogP contribution >= 0.6 is 0 Å². The van der Waals surface area contributed by atoms with Gasteiger partial charge in [-0.05, 0) is 48.9 Å². The molecule has 1 aliphatic heterocycles. The van der Waals surface area contributed by atoms with Gasteiger partial charge in [-0.3, -0.25) is 9.69 Å². The largest absolute Gasteiger partial charge is 0.484 e. The Kier molecular flexibility index (Phi) is 4.65. The van der Waals surface area contributed by atoms with Crippen LogP contribution in [0.25, 0.3) is 0 Å². The number of nitrogens with zero attached hydrogens (tertiary/aromatic N) is 1. The van der Waals surface area contributed by atoms with Crippen molar-refractivity contribution < 1.29 is 19.1 Å². The van der Waals surface area contributed by atoms with Gasteiger partial charge in [0.2, 0.25) is 0 Å². The number of anilines is 2. The summed E-state index contributed by atoms with van der Waals surface area (Å²) in [6.45, 7) is 2.83. The normalized spacial score (nSPS) is 13.5. The van der Waals surface area contributed by atoms with Crippen molar-refractivity contribution in [2.75, 3.05) is 30.0 Å². The Labute approximate surface area is 140 Å². The zero-order valence-corrected chi connectivity index (χ0v) is 13.3. The minimum Gasteiger partial charge on any atom is -0.484 e. The molecule has 6 nitrogen and oxygen atoms in total. The second-order valence-corrected chi connectivity index (χ2v) is 5.47. The van der Waals surface area contributed by atoms with Crippen molar-refractivity contribution in [3.63, 3.8) is 0 Å². The molecule has 0 aliphatic carbocycles. The lowest BCUT2D eigenvalue weighted by Crippen LogP contribution is -2.23. The topological polar surface area (TPSA) is 67.9 Å². The van der Waals surface area contributed by atoms with Gasteiger partial charge in [-0.2, -0.15) is 0 Å². The molecule has 1 saturated heterocycles. The van der Waals surface area contributed by atoms with Crippen LogP contribution in [0.1, 0.15) is 5.56 Å². The average molecular weight is 326 g/mol. The number of carbonyl (C=O) groups is 2. The first-order valence-corrected chi connectivity index (χ1v) is 7.65. The number of nitrogens with one attached hydrogen (secondary N) is 1. The lowest BCUT2D eigenvalue weighted by Gasteiger charge is -2.13. The summed E-state index contributed by atoms with van der Waals surface area (Å²) in [6, 6.07) is 14.5. The summed E-state index contributed by atoms with van der Waals surface area (Å²) >= 11 is 0. The summed E-state index contributed by atoms with van der Waals surface area (Å²) in [5, 5.41) is 2.76. The minimum absolute atomic E-state index is 0.0658. The van der Waals surface area contributed by atoms with Crippen LogP contribution in [-0.2, 0) is 9.53 Å². The molecular weight excluding hydrogens is 308 g/mol. The van der Waals surface area contributed by atoms with E-state index in [1.165, 1.54) is 0 Å². The van der Waals surface area contributed by atoms with E-state index in [9.17, 15) is 9.59 Å². The predicted molar refractivity (Wildman–Crippen MR) is 90.4 cm³/mol. The van der Waals surface area contributed by atoms with Crippen LogP contribution in [0.4, 0.5) is 16.2 Å². The van der Waals surface area contributed by atoms with E-state index in [0.29, 0.717) is 24.6 Å². The maximum Gasteiger partial charge on any atom is 0.414 e. The number of amides is 2. The summed E-state index contributed by atoms with van der Waals surface area (Å²) < 4.78 is 10.4. The van der Waals surface area contributed by atoms with E-state index >= 15 is 0 Å². The molecule has 1 heterocycles. The Bertz CT molecular complexity index is 743. The molecule has 2 aromatic carbocycles. The molecule has 2 amide bonds. The van der Waals surface area contributed by atoms with Crippen LogP contribution in [0, 0.1) is 6.92 Å². The Morgan fingerprint density at radius 2 is 2.04 bits per heavy atom.